The number of carbonyl (C=O) groups is 1. The van der Waals surface area contributed by atoms with E-state index in [1.54, 1.807) is 30.5 Å². The summed E-state index contributed by atoms with van der Waals surface area (Å²) in [7, 11) is 0. The van der Waals surface area contributed by atoms with E-state index in [1.165, 1.54) is 12.1 Å². The minimum atomic E-state index is -0.334. The number of urea groups is 1. The molecular formula is C19H24FN5O2. The standard InChI is InChI=1S/C19H24FN5O2/c20-16-4-1-3-15(13-16)14-27-17-5-2-6-22-18(17)24-19(26)23-9-12-25-10-7-21-8-11-25/h1-6,13,21H,7-12,14H2,(H2,22,23,24,26). The number of halogens is 1. The Morgan fingerprint density at radius 2 is 2.11 bits per heavy atom. The number of piperazine rings is 1. The molecule has 0 saturated carbocycles. The first-order valence-corrected chi connectivity index (χ1v) is 9.01. The van der Waals surface area contributed by atoms with Crippen molar-refractivity contribution in [1.82, 2.24) is 20.5 Å². The molecule has 0 aliphatic carbocycles. The Hall–Kier alpha value is -2.71. The van der Waals surface area contributed by atoms with Crippen LogP contribution in [0.3, 0.4) is 0 Å². The van der Waals surface area contributed by atoms with Crippen LogP contribution < -0.4 is 20.7 Å². The molecule has 2 amide bonds. The van der Waals surface area contributed by atoms with Gasteiger partial charge in [0.25, 0.3) is 0 Å². The molecule has 1 aliphatic heterocycles. The summed E-state index contributed by atoms with van der Waals surface area (Å²) in [5.41, 5.74) is 0.699. The zero-order chi connectivity index (χ0) is 18.9. The maximum atomic E-state index is 13.3. The van der Waals surface area contributed by atoms with E-state index >= 15 is 0 Å². The number of nitrogens with zero attached hydrogens (tertiary/aromatic N) is 2. The molecule has 0 bridgehead atoms. The summed E-state index contributed by atoms with van der Waals surface area (Å²) in [6, 6.07) is 9.28. The fourth-order valence-corrected chi connectivity index (χ4v) is 2.80. The van der Waals surface area contributed by atoms with Gasteiger partial charge in [-0.2, -0.15) is 0 Å². The third-order valence-electron chi connectivity index (χ3n) is 4.21. The van der Waals surface area contributed by atoms with Crippen LogP contribution in [-0.4, -0.2) is 55.2 Å². The quantitative estimate of drug-likeness (QED) is 0.690. The van der Waals surface area contributed by atoms with Crippen LogP contribution in [0.15, 0.2) is 42.6 Å². The smallest absolute Gasteiger partial charge is 0.320 e. The number of anilines is 1. The van der Waals surface area contributed by atoms with Gasteiger partial charge >= 0.3 is 6.03 Å². The molecule has 7 nitrogen and oxygen atoms in total. The van der Waals surface area contributed by atoms with Crippen molar-refractivity contribution in [2.75, 3.05) is 44.6 Å². The summed E-state index contributed by atoms with van der Waals surface area (Å²) in [4.78, 5) is 18.6. The molecule has 144 valence electrons. The van der Waals surface area contributed by atoms with Crippen LogP contribution >= 0.6 is 0 Å². The number of rotatable bonds is 7. The van der Waals surface area contributed by atoms with Crippen molar-refractivity contribution in [3.05, 3.63) is 54.0 Å². The van der Waals surface area contributed by atoms with Crippen LogP contribution in [0.25, 0.3) is 0 Å². The molecule has 0 spiro atoms. The lowest BCUT2D eigenvalue weighted by molar-refractivity contribution is 0.233. The molecule has 0 unspecified atom stereocenters. The van der Waals surface area contributed by atoms with Crippen molar-refractivity contribution in [3.63, 3.8) is 0 Å². The highest BCUT2D eigenvalue weighted by Crippen LogP contribution is 2.22. The highest BCUT2D eigenvalue weighted by Gasteiger charge is 2.11. The van der Waals surface area contributed by atoms with Crippen molar-refractivity contribution in [3.8, 4) is 5.75 Å². The van der Waals surface area contributed by atoms with E-state index in [2.05, 4.69) is 25.8 Å². The van der Waals surface area contributed by atoms with Gasteiger partial charge in [-0.05, 0) is 29.8 Å². The Kier molecular flexibility index (Phi) is 6.95. The predicted molar refractivity (Wildman–Crippen MR) is 101 cm³/mol. The number of nitrogens with one attached hydrogen (secondary N) is 3. The van der Waals surface area contributed by atoms with E-state index in [0.717, 1.165) is 32.7 Å². The number of ether oxygens (including phenoxy) is 1. The molecule has 8 heteroatoms. The topological polar surface area (TPSA) is 78.5 Å². The highest BCUT2D eigenvalue weighted by atomic mass is 19.1. The molecule has 2 heterocycles. The first-order chi connectivity index (χ1) is 13.2. The highest BCUT2D eigenvalue weighted by molar-refractivity contribution is 5.89. The zero-order valence-electron chi connectivity index (χ0n) is 15.1. The summed E-state index contributed by atoms with van der Waals surface area (Å²) < 4.78 is 18.9. The van der Waals surface area contributed by atoms with Crippen LogP contribution in [0.1, 0.15) is 5.56 Å². The average molecular weight is 373 g/mol. The molecule has 0 atom stereocenters. The molecule has 0 radical (unpaired) electrons. The second-order valence-corrected chi connectivity index (χ2v) is 6.24. The maximum Gasteiger partial charge on any atom is 0.320 e. The number of amides is 2. The minimum Gasteiger partial charge on any atom is -0.485 e. The Labute approximate surface area is 157 Å². The Morgan fingerprint density at radius 1 is 1.26 bits per heavy atom. The fraction of sp³-hybridized carbons (Fsp3) is 0.368. The van der Waals surface area contributed by atoms with E-state index < -0.39 is 0 Å². The second-order valence-electron chi connectivity index (χ2n) is 6.24. The fourth-order valence-electron chi connectivity index (χ4n) is 2.80. The van der Waals surface area contributed by atoms with Crippen molar-refractivity contribution < 1.29 is 13.9 Å². The monoisotopic (exact) mass is 373 g/mol. The largest absolute Gasteiger partial charge is 0.485 e. The normalized spacial score (nSPS) is 14.6. The summed E-state index contributed by atoms with van der Waals surface area (Å²) >= 11 is 0. The van der Waals surface area contributed by atoms with Gasteiger partial charge in [-0.3, -0.25) is 10.2 Å². The van der Waals surface area contributed by atoms with Crippen LogP contribution in [0.2, 0.25) is 0 Å². The van der Waals surface area contributed by atoms with Gasteiger partial charge in [-0.1, -0.05) is 12.1 Å². The van der Waals surface area contributed by atoms with Gasteiger partial charge in [0.1, 0.15) is 12.4 Å². The van der Waals surface area contributed by atoms with Crippen molar-refractivity contribution in [2.45, 2.75) is 6.61 Å². The van der Waals surface area contributed by atoms with Gasteiger partial charge in [0.15, 0.2) is 11.6 Å². The van der Waals surface area contributed by atoms with Crippen molar-refractivity contribution in [1.29, 1.82) is 0 Å². The molecule has 3 rings (SSSR count). The molecule has 3 N–H and O–H groups in total. The lowest BCUT2D eigenvalue weighted by Crippen LogP contribution is -2.46. The van der Waals surface area contributed by atoms with Gasteiger partial charge in [0.2, 0.25) is 0 Å². The number of aromatic nitrogens is 1. The van der Waals surface area contributed by atoms with E-state index in [9.17, 15) is 9.18 Å². The Balaban J connectivity index is 1.48. The molecule has 1 aromatic heterocycles. The number of pyridine rings is 1. The average Bonchev–Trinajstić information content (AvgIpc) is 2.68. The molecule has 27 heavy (non-hydrogen) atoms. The van der Waals surface area contributed by atoms with E-state index in [1.807, 2.05) is 0 Å². The van der Waals surface area contributed by atoms with Crippen LogP contribution in [0.5, 0.6) is 5.75 Å². The van der Waals surface area contributed by atoms with Gasteiger partial charge in [-0.15, -0.1) is 0 Å². The second kappa shape index (κ2) is 9.84. The van der Waals surface area contributed by atoms with Crippen LogP contribution in [0.4, 0.5) is 15.0 Å². The number of carbonyl (C=O) groups excluding carboxylic acids is 1. The van der Waals surface area contributed by atoms with Crippen molar-refractivity contribution in [2.24, 2.45) is 0 Å². The van der Waals surface area contributed by atoms with Crippen LogP contribution in [0, 0.1) is 5.82 Å². The lowest BCUT2D eigenvalue weighted by Gasteiger charge is -2.27. The molecule has 1 aliphatic rings. The molecular weight excluding hydrogens is 349 g/mol. The number of hydrogen-bond acceptors (Lipinski definition) is 5. The van der Waals surface area contributed by atoms with Gasteiger partial charge in [-0.25, -0.2) is 14.2 Å². The third kappa shape index (κ3) is 6.19. The van der Waals surface area contributed by atoms with Crippen molar-refractivity contribution >= 4 is 11.8 Å². The molecule has 2 aromatic rings. The summed E-state index contributed by atoms with van der Waals surface area (Å²) in [6.45, 7) is 5.47. The van der Waals surface area contributed by atoms with E-state index in [0.29, 0.717) is 23.7 Å². The Bertz CT molecular complexity index is 752. The van der Waals surface area contributed by atoms with Gasteiger partial charge in [0, 0.05) is 45.5 Å². The molecule has 1 aromatic carbocycles. The van der Waals surface area contributed by atoms with E-state index in [-0.39, 0.29) is 18.5 Å². The third-order valence-corrected chi connectivity index (χ3v) is 4.21. The minimum absolute atomic E-state index is 0.183. The lowest BCUT2D eigenvalue weighted by atomic mass is 10.2. The van der Waals surface area contributed by atoms with Crippen LogP contribution in [-0.2, 0) is 6.61 Å². The number of benzene rings is 1. The maximum absolute atomic E-state index is 13.3. The zero-order valence-corrected chi connectivity index (χ0v) is 15.1. The summed E-state index contributed by atoms with van der Waals surface area (Å²) in [5.74, 6) is 0.442. The first-order valence-electron chi connectivity index (χ1n) is 9.01. The molecule has 1 saturated heterocycles. The predicted octanol–water partition coefficient (Wildman–Crippen LogP) is 1.83. The summed E-state index contributed by atoms with van der Waals surface area (Å²) in [5, 5.41) is 8.83. The first kappa shape index (κ1) is 19.1. The molecule has 1 fully saturated rings. The summed E-state index contributed by atoms with van der Waals surface area (Å²) in [6.07, 6.45) is 1.57. The SMILES string of the molecule is O=C(NCCN1CCNCC1)Nc1ncccc1OCc1cccc(F)c1. The number of hydrogen-bond donors (Lipinski definition) is 3. The Morgan fingerprint density at radius 3 is 2.93 bits per heavy atom. The van der Waals surface area contributed by atoms with Gasteiger partial charge in [0.05, 0.1) is 0 Å². The van der Waals surface area contributed by atoms with Gasteiger partial charge < -0.3 is 15.4 Å². The van der Waals surface area contributed by atoms with E-state index in [4.69, 9.17) is 4.74 Å².